The minimum atomic E-state index is -1.31. The van der Waals surface area contributed by atoms with E-state index in [2.05, 4.69) is 11.4 Å². The zero-order valence-electron chi connectivity index (χ0n) is 14.4. The van der Waals surface area contributed by atoms with Crippen LogP contribution in [0.25, 0.3) is 0 Å². The number of rotatable bonds is 10. The highest BCUT2D eigenvalue weighted by atomic mass is 16.7. The lowest BCUT2D eigenvalue weighted by Gasteiger charge is -2.33. The quantitative estimate of drug-likeness (QED) is 0.378. The minimum Gasteiger partial charge on any atom is -0.418 e. The summed E-state index contributed by atoms with van der Waals surface area (Å²) in [5, 5.41) is 11.7. The molecule has 0 radical (unpaired) electrons. The molecule has 2 atom stereocenters. The summed E-state index contributed by atoms with van der Waals surface area (Å²) in [5.74, 6) is -1.93. The van der Waals surface area contributed by atoms with E-state index in [1.807, 2.05) is 6.92 Å². The van der Waals surface area contributed by atoms with E-state index >= 15 is 0 Å². The Morgan fingerprint density at radius 1 is 1.52 bits per heavy atom. The summed E-state index contributed by atoms with van der Waals surface area (Å²) in [4.78, 5) is 11.7. The Kier molecular flexibility index (Phi) is 8.85. The summed E-state index contributed by atoms with van der Waals surface area (Å²) in [6.45, 7) is 4.03. The molecule has 1 aliphatic carbocycles. The summed E-state index contributed by atoms with van der Waals surface area (Å²) in [6.07, 6.45) is 7.87. The van der Waals surface area contributed by atoms with E-state index in [4.69, 9.17) is 19.5 Å². The molecule has 6 nitrogen and oxygen atoms in total. The standard InChI is InChI=1S/C17H28N2O4/c1-4-15(21-3)19-17(2,23-16(20)10-12-18)22-13-11-14-8-6-5-7-9-14/h8,15,19H,4-7,9-11,13H2,1-3H3. The number of methoxy groups -OCH3 is 1. The van der Waals surface area contributed by atoms with Crippen LogP contribution in [0.15, 0.2) is 11.6 Å². The second-order valence-electron chi connectivity index (χ2n) is 5.74. The Bertz CT molecular complexity index is 440. The van der Waals surface area contributed by atoms with E-state index in [9.17, 15) is 4.79 Å². The topological polar surface area (TPSA) is 80.6 Å². The van der Waals surface area contributed by atoms with E-state index in [0.717, 1.165) is 19.3 Å². The molecule has 1 N–H and O–H groups in total. The maximum atomic E-state index is 11.7. The molecule has 0 aromatic heterocycles. The van der Waals surface area contributed by atoms with Gasteiger partial charge in [-0.15, -0.1) is 0 Å². The van der Waals surface area contributed by atoms with Gasteiger partial charge in [0.15, 0.2) is 0 Å². The van der Waals surface area contributed by atoms with Crippen LogP contribution < -0.4 is 5.32 Å². The Labute approximate surface area is 138 Å². The largest absolute Gasteiger partial charge is 0.418 e. The van der Waals surface area contributed by atoms with Crippen molar-refractivity contribution >= 4 is 5.97 Å². The van der Waals surface area contributed by atoms with E-state index in [1.165, 1.54) is 18.4 Å². The molecule has 0 fully saturated rings. The number of carbonyl (C=O) groups excluding carboxylic acids is 1. The van der Waals surface area contributed by atoms with Gasteiger partial charge in [0.05, 0.1) is 12.7 Å². The molecule has 0 saturated carbocycles. The van der Waals surface area contributed by atoms with Gasteiger partial charge in [-0.3, -0.25) is 4.79 Å². The van der Waals surface area contributed by atoms with Gasteiger partial charge < -0.3 is 14.2 Å². The van der Waals surface area contributed by atoms with E-state index < -0.39 is 11.9 Å². The summed E-state index contributed by atoms with van der Waals surface area (Å²) < 4.78 is 16.4. The van der Waals surface area contributed by atoms with Crippen LogP contribution in [0.3, 0.4) is 0 Å². The number of carbonyl (C=O) groups is 1. The molecular formula is C17H28N2O4. The second kappa shape index (κ2) is 10.4. The maximum Gasteiger partial charge on any atom is 0.323 e. The molecule has 0 bridgehead atoms. The Morgan fingerprint density at radius 3 is 2.87 bits per heavy atom. The maximum absolute atomic E-state index is 11.7. The van der Waals surface area contributed by atoms with Crippen LogP contribution in [0.5, 0.6) is 0 Å². The van der Waals surface area contributed by atoms with Crippen LogP contribution in [0, 0.1) is 11.3 Å². The molecule has 6 heteroatoms. The van der Waals surface area contributed by atoms with Crippen LogP contribution in [-0.2, 0) is 19.0 Å². The number of nitrogens with zero attached hydrogens (tertiary/aromatic N) is 1. The van der Waals surface area contributed by atoms with Crippen LogP contribution in [0.2, 0.25) is 0 Å². The Morgan fingerprint density at radius 2 is 2.30 bits per heavy atom. The molecule has 0 amide bonds. The zero-order valence-corrected chi connectivity index (χ0v) is 14.4. The minimum absolute atomic E-state index is 0.302. The number of esters is 1. The molecule has 1 rings (SSSR count). The summed E-state index contributed by atoms with van der Waals surface area (Å²) >= 11 is 0. The third-order valence-corrected chi connectivity index (χ3v) is 3.80. The van der Waals surface area contributed by atoms with Crippen molar-refractivity contribution in [3.63, 3.8) is 0 Å². The van der Waals surface area contributed by atoms with E-state index in [1.54, 1.807) is 20.1 Å². The highest BCUT2D eigenvalue weighted by Gasteiger charge is 2.32. The second-order valence-corrected chi connectivity index (χ2v) is 5.74. The third-order valence-electron chi connectivity index (χ3n) is 3.80. The predicted molar refractivity (Wildman–Crippen MR) is 86.1 cm³/mol. The van der Waals surface area contributed by atoms with Gasteiger partial charge in [0.1, 0.15) is 12.6 Å². The summed E-state index contributed by atoms with van der Waals surface area (Å²) in [7, 11) is 1.57. The molecule has 0 heterocycles. The SMILES string of the molecule is CCC(NC(C)(OCCC1=CCCCC1)OC(=O)CC#N)OC. The molecule has 0 aromatic rings. The fraction of sp³-hybridized carbons (Fsp3) is 0.765. The fourth-order valence-electron chi connectivity index (χ4n) is 2.55. The highest BCUT2D eigenvalue weighted by Crippen LogP contribution is 2.21. The number of hydrogen-bond acceptors (Lipinski definition) is 6. The van der Waals surface area contributed by atoms with Crippen LogP contribution in [0.4, 0.5) is 0 Å². The number of ether oxygens (including phenoxy) is 3. The monoisotopic (exact) mass is 324 g/mol. The average Bonchev–Trinajstić information content (AvgIpc) is 2.54. The third kappa shape index (κ3) is 7.60. The number of nitriles is 1. The Balaban J connectivity index is 2.59. The van der Waals surface area contributed by atoms with Gasteiger partial charge in [0.2, 0.25) is 0 Å². The van der Waals surface area contributed by atoms with Crippen molar-refractivity contribution in [1.29, 1.82) is 5.26 Å². The molecule has 2 unspecified atom stereocenters. The van der Waals surface area contributed by atoms with Gasteiger partial charge in [-0.25, -0.2) is 5.32 Å². The number of hydrogen-bond donors (Lipinski definition) is 1. The zero-order chi connectivity index (χ0) is 17.1. The molecule has 0 aromatic carbocycles. The fourth-order valence-corrected chi connectivity index (χ4v) is 2.55. The first-order valence-electron chi connectivity index (χ1n) is 8.24. The van der Waals surface area contributed by atoms with Gasteiger partial charge >= 0.3 is 5.97 Å². The number of allylic oxidation sites excluding steroid dienone is 1. The normalized spacial score (nSPS) is 18.4. The first kappa shape index (κ1) is 19.6. The molecule has 130 valence electrons. The van der Waals surface area contributed by atoms with Crippen LogP contribution >= 0.6 is 0 Å². The lowest BCUT2D eigenvalue weighted by atomic mass is 9.98. The van der Waals surface area contributed by atoms with E-state index in [-0.39, 0.29) is 12.6 Å². The average molecular weight is 324 g/mol. The van der Waals surface area contributed by atoms with Gasteiger partial charge in [-0.2, -0.15) is 5.26 Å². The lowest BCUT2D eigenvalue weighted by Crippen LogP contribution is -2.53. The molecular weight excluding hydrogens is 296 g/mol. The van der Waals surface area contributed by atoms with Crippen molar-refractivity contribution in [2.45, 2.75) is 70.9 Å². The number of nitrogens with one attached hydrogen (secondary N) is 1. The molecule has 23 heavy (non-hydrogen) atoms. The molecule has 0 aliphatic heterocycles. The first-order valence-corrected chi connectivity index (χ1v) is 8.24. The first-order chi connectivity index (χ1) is 11.0. The summed E-state index contributed by atoms with van der Waals surface area (Å²) in [5.41, 5.74) is 1.39. The lowest BCUT2D eigenvalue weighted by molar-refractivity contribution is -0.250. The van der Waals surface area contributed by atoms with Crippen LogP contribution in [0.1, 0.15) is 58.8 Å². The van der Waals surface area contributed by atoms with Crippen molar-refractivity contribution in [3.05, 3.63) is 11.6 Å². The van der Waals surface area contributed by atoms with Crippen molar-refractivity contribution in [1.82, 2.24) is 5.32 Å². The van der Waals surface area contributed by atoms with Crippen molar-refractivity contribution in [2.24, 2.45) is 0 Å². The summed E-state index contributed by atoms with van der Waals surface area (Å²) in [6, 6.07) is 1.78. The van der Waals surface area contributed by atoms with Crippen molar-refractivity contribution in [3.8, 4) is 6.07 Å². The van der Waals surface area contributed by atoms with Gasteiger partial charge in [-0.1, -0.05) is 18.6 Å². The van der Waals surface area contributed by atoms with E-state index in [0.29, 0.717) is 13.0 Å². The smallest absolute Gasteiger partial charge is 0.323 e. The Hall–Kier alpha value is -1.42. The molecule has 0 saturated heterocycles. The van der Waals surface area contributed by atoms with Crippen LogP contribution in [-0.4, -0.2) is 31.8 Å². The van der Waals surface area contributed by atoms with Gasteiger partial charge in [-0.05, 0) is 38.5 Å². The van der Waals surface area contributed by atoms with Crippen molar-refractivity contribution < 1.29 is 19.0 Å². The molecule has 1 aliphatic rings. The molecule has 0 spiro atoms. The predicted octanol–water partition coefficient (Wildman–Crippen LogP) is 3.00. The van der Waals surface area contributed by atoms with Gasteiger partial charge in [0, 0.05) is 14.0 Å². The van der Waals surface area contributed by atoms with Gasteiger partial charge in [0.25, 0.3) is 5.91 Å². The van der Waals surface area contributed by atoms with Crippen molar-refractivity contribution in [2.75, 3.05) is 13.7 Å². The highest BCUT2D eigenvalue weighted by molar-refractivity contribution is 5.72.